The molecule has 1 aromatic carbocycles. The van der Waals surface area contributed by atoms with E-state index >= 15 is 0 Å². The number of halogens is 2. The normalized spacial score (nSPS) is 21.4. The van der Waals surface area contributed by atoms with Gasteiger partial charge in [0.1, 0.15) is 5.82 Å². The highest BCUT2D eigenvalue weighted by Crippen LogP contribution is 2.49. The second-order valence-corrected chi connectivity index (χ2v) is 8.34. The molecule has 0 bridgehead atoms. The average Bonchev–Trinajstić information content (AvgIpc) is 3.28. The Balaban J connectivity index is 1.34. The Bertz CT molecular complexity index is 1250. The van der Waals surface area contributed by atoms with E-state index in [4.69, 9.17) is 0 Å². The van der Waals surface area contributed by atoms with E-state index in [2.05, 4.69) is 9.97 Å². The van der Waals surface area contributed by atoms with Gasteiger partial charge in [0.2, 0.25) is 5.95 Å². The first-order chi connectivity index (χ1) is 15.3. The summed E-state index contributed by atoms with van der Waals surface area (Å²) in [6, 6.07) is 8.49. The average molecular weight is 437 g/mol. The molecule has 0 spiro atoms. The molecule has 7 nitrogen and oxygen atoms in total. The lowest BCUT2D eigenvalue weighted by Gasteiger charge is -2.26. The van der Waals surface area contributed by atoms with Crippen LogP contribution in [0.4, 0.5) is 14.7 Å². The molecule has 9 heteroatoms. The van der Waals surface area contributed by atoms with Gasteiger partial charge in [-0.05, 0) is 30.3 Å². The molecule has 0 N–H and O–H groups in total. The molecule has 1 amide bonds. The molecule has 32 heavy (non-hydrogen) atoms. The van der Waals surface area contributed by atoms with Crippen molar-refractivity contribution in [2.75, 3.05) is 25.0 Å². The van der Waals surface area contributed by atoms with E-state index in [-0.39, 0.29) is 46.4 Å². The van der Waals surface area contributed by atoms with Crippen molar-refractivity contribution in [3.8, 4) is 11.3 Å². The Morgan fingerprint density at radius 3 is 2.47 bits per heavy atom. The third-order valence-corrected chi connectivity index (χ3v) is 6.45. The minimum atomic E-state index is -0.542. The fourth-order valence-electron chi connectivity index (χ4n) is 4.71. The van der Waals surface area contributed by atoms with Crippen LogP contribution in [0.1, 0.15) is 10.4 Å². The molecular formula is C23H21F2N5O2. The lowest BCUT2D eigenvalue weighted by Crippen LogP contribution is -2.38. The van der Waals surface area contributed by atoms with E-state index in [0.29, 0.717) is 24.6 Å². The molecule has 3 aromatic rings. The van der Waals surface area contributed by atoms with Gasteiger partial charge in [0.25, 0.3) is 11.5 Å². The van der Waals surface area contributed by atoms with Crippen LogP contribution in [0, 0.1) is 23.5 Å². The summed E-state index contributed by atoms with van der Waals surface area (Å²) in [7, 11) is 3.50. The van der Waals surface area contributed by atoms with Gasteiger partial charge < -0.3 is 9.80 Å². The summed E-state index contributed by atoms with van der Waals surface area (Å²) in [6.45, 7) is 1.17. The van der Waals surface area contributed by atoms with Crippen molar-refractivity contribution < 1.29 is 13.6 Å². The van der Waals surface area contributed by atoms with Crippen LogP contribution >= 0.6 is 0 Å². The summed E-state index contributed by atoms with van der Waals surface area (Å²) >= 11 is 0. The number of carbonyl (C=O) groups is 1. The van der Waals surface area contributed by atoms with Crippen molar-refractivity contribution in [1.29, 1.82) is 0 Å². The number of hydrogen-bond acceptors (Lipinski definition) is 5. The zero-order valence-electron chi connectivity index (χ0n) is 17.6. The minimum absolute atomic E-state index is 0.112. The second kappa shape index (κ2) is 7.51. The van der Waals surface area contributed by atoms with Crippen LogP contribution in [0.5, 0.6) is 0 Å². The molecule has 3 atom stereocenters. The highest BCUT2D eigenvalue weighted by atomic mass is 19.1. The maximum atomic E-state index is 14.2. The van der Waals surface area contributed by atoms with Gasteiger partial charge in [0.05, 0.1) is 11.9 Å². The quantitative estimate of drug-likeness (QED) is 0.627. The van der Waals surface area contributed by atoms with Gasteiger partial charge >= 0.3 is 0 Å². The van der Waals surface area contributed by atoms with Crippen LogP contribution in [0.25, 0.3) is 11.3 Å². The van der Waals surface area contributed by atoms with Gasteiger partial charge in [-0.25, -0.2) is 13.8 Å². The van der Waals surface area contributed by atoms with Crippen molar-refractivity contribution >= 4 is 11.9 Å². The number of carbonyl (C=O) groups excluding carboxylic acids is 1. The number of benzene rings is 1. The summed E-state index contributed by atoms with van der Waals surface area (Å²) < 4.78 is 28.8. The number of hydrogen-bond donors (Lipinski definition) is 0. The van der Waals surface area contributed by atoms with Crippen LogP contribution < -0.4 is 10.5 Å². The largest absolute Gasteiger partial charge is 0.342 e. The summed E-state index contributed by atoms with van der Waals surface area (Å²) in [5.74, 6) is -0.0800. The van der Waals surface area contributed by atoms with Crippen molar-refractivity contribution in [2.45, 2.75) is 6.04 Å². The number of piperidine rings is 1. The van der Waals surface area contributed by atoms with Crippen molar-refractivity contribution in [2.24, 2.45) is 18.9 Å². The number of anilines is 1. The summed E-state index contributed by atoms with van der Waals surface area (Å²) in [4.78, 5) is 37.3. The lowest BCUT2D eigenvalue weighted by atomic mass is 10.2. The molecule has 1 aliphatic carbocycles. The van der Waals surface area contributed by atoms with E-state index in [1.165, 1.54) is 47.2 Å². The SMILES string of the molecule is CN(c1nc(-c2ccncc2F)cc(=O)n1C)C1[C@H]2CN(C(=O)c3ccc(F)cc3)C[C@@H]12. The highest BCUT2D eigenvalue weighted by molar-refractivity contribution is 5.94. The fourth-order valence-corrected chi connectivity index (χ4v) is 4.71. The summed E-state index contributed by atoms with van der Waals surface area (Å²) in [5, 5.41) is 0. The zero-order valence-corrected chi connectivity index (χ0v) is 17.6. The van der Waals surface area contributed by atoms with Crippen LogP contribution in [-0.2, 0) is 7.05 Å². The molecule has 2 fully saturated rings. The van der Waals surface area contributed by atoms with E-state index in [1.807, 2.05) is 11.9 Å². The van der Waals surface area contributed by atoms with E-state index in [9.17, 15) is 18.4 Å². The topological polar surface area (TPSA) is 71.3 Å². The third-order valence-electron chi connectivity index (χ3n) is 6.45. The van der Waals surface area contributed by atoms with Gasteiger partial charge in [0.15, 0.2) is 5.82 Å². The van der Waals surface area contributed by atoms with Gasteiger partial charge in [-0.15, -0.1) is 0 Å². The summed E-state index contributed by atoms with van der Waals surface area (Å²) in [6.07, 6.45) is 2.55. The maximum absolute atomic E-state index is 14.2. The molecule has 3 heterocycles. The molecule has 5 rings (SSSR count). The Hall–Kier alpha value is -3.62. The van der Waals surface area contributed by atoms with E-state index in [1.54, 1.807) is 11.9 Å². The third kappa shape index (κ3) is 3.34. The molecule has 164 valence electrons. The predicted molar refractivity (Wildman–Crippen MR) is 114 cm³/mol. The number of fused-ring (bicyclic) bond motifs is 1. The molecule has 1 aliphatic heterocycles. The lowest BCUT2D eigenvalue weighted by molar-refractivity contribution is 0.0772. The van der Waals surface area contributed by atoms with Gasteiger partial charge in [-0.1, -0.05) is 0 Å². The molecule has 1 saturated heterocycles. The second-order valence-electron chi connectivity index (χ2n) is 8.34. The maximum Gasteiger partial charge on any atom is 0.255 e. The van der Waals surface area contributed by atoms with Gasteiger partial charge in [-0.3, -0.25) is 19.1 Å². The molecule has 2 aliphatic rings. The van der Waals surface area contributed by atoms with Gasteiger partial charge in [-0.2, -0.15) is 0 Å². The first-order valence-electron chi connectivity index (χ1n) is 10.3. The monoisotopic (exact) mass is 437 g/mol. The number of rotatable bonds is 4. The standard InChI is InChI=1S/C23H21F2N5O2/c1-28-20(31)9-19(15-7-8-26-10-18(15)25)27-23(28)29(2)21-16-11-30(12-17(16)21)22(32)13-3-5-14(24)6-4-13/h3-10,16-17,21H,11-12H2,1-2H3/t16-,17+,21?. The van der Waals surface area contributed by atoms with Crippen molar-refractivity contribution in [3.63, 3.8) is 0 Å². The van der Waals surface area contributed by atoms with Crippen LogP contribution in [-0.4, -0.2) is 51.5 Å². The van der Waals surface area contributed by atoms with E-state index in [0.717, 1.165) is 6.20 Å². The van der Waals surface area contributed by atoms with Crippen molar-refractivity contribution in [1.82, 2.24) is 19.4 Å². The summed E-state index contributed by atoms with van der Waals surface area (Å²) in [5.41, 5.74) is 0.661. The first kappa shape index (κ1) is 20.3. The smallest absolute Gasteiger partial charge is 0.255 e. The minimum Gasteiger partial charge on any atom is -0.342 e. The Labute approximate surface area is 182 Å². The molecule has 1 unspecified atom stereocenters. The predicted octanol–water partition coefficient (Wildman–Crippen LogP) is 2.33. The van der Waals surface area contributed by atoms with Crippen molar-refractivity contribution in [3.05, 3.63) is 76.3 Å². The molecular weight excluding hydrogens is 416 g/mol. The van der Waals surface area contributed by atoms with Crippen LogP contribution in [0.2, 0.25) is 0 Å². The number of amides is 1. The number of aromatic nitrogens is 3. The Morgan fingerprint density at radius 1 is 1.12 bits per heavy atom. The van der Waals surface area contributed by atoms with E-state index < -0.39 is 5.82 Å². The molecule has 0 radical (unpaired) electrons. The molecule has 2 aromatic heterocycles. The molecule has 1 saturated carbocycles. The van der Waals surface area contributed by atoms with Crippen LogP contribution in [0.15, 0.2) is 53.6 Å². The number of nitrogens with zero attached hydrogens (tertiary/aromatic N) is 5. The van der Waals surface area contributed by atoms with Gasteiger partial charge in [0, 0.05) is 68.5 Å². The number of likely N-dealkylation sites (tertiary alicyclic amines) is 1. The number of pyridine rings is 1. The highest BCUT2D eigenvalue weighted by Gasteiger charge is 2.59. The Morgan fingerprint density at radius 2 is 1.81 bits per heavy atom. The first-order valence-corrected chi connectivity index (χ1v) is 10.3. The zero-order chi connectivity index (χ0) is 22.6. The Kier molecular flexibility index (Phi) is 4.76. The van der Waals surface area contributed by atoms with Crippen LogP contribution in [0.3, 0.4) is 0 Å². The fraction of sp³-hybridized carbons (Fsp3) is 0.304.